The zero-order valence-electron chi connectivity index (χ0n) is 13.1. The Bertz CT molecular complexity index is 553. The van der Waals surface area contributed by atoms with Gasteiger partial charge in [0.25, 0.3) is 12.6 Å². The molecule has 30 heavy (non-hydrogen) atoms. The zero-order valence-corrected chi connectivity index (χ0v) is 13.1. The monoisotopic (exact) mass is 496 g/mol. The van der Waals surface area contributed by atoms with Crippen molar-refractivity contribution in [2.45, 2.75) is 55.5 Å². The highest BCUT2D eigenvalue weighted by atomic mass is 19.4. The van der Waals surface area contributed by atoms with Crippen LogP contribution in [0.2, 0.25) is 0 Å². The van der Waals surface area contributed by atoms with E-state index in [0.717, 1.165) is 0 Å². The van der Waals surface area contributed by atoms with Crippen molar-refractivity contribution in [3.05, 3.63) is 0 Å². The Morgan fingerprint density at radius 2 is 1.07 bits per heavy atom. The summed E-state index contributed by atoms with van der Waals surface area (Å²) in [6.07, 6.45) is -34.5. The molecule has 2 unspecified atom stereocenters. The van der Waals surface area contributed by atoms with E-state index in [1.807, 2.05) is 4.74 Å². The maximum absolute atomic E-state index is 13.1. The molecule has 0 aromatic heterocycles. The lowest BCUT2D eigenvalue weighted by molar-refractivity contribution is -0.462. The van der Waals surface area contributed by atoms with Gasteiger partial charge in [-0.25, -0.2) is 17.9 Å². The van der Waals surface area contributed by atoms with Gasteiger partial charge in [-0.05, 0) is 0 Å². The number of halogens is 17. The SMILES string of the molecule is FC(OC(F)(F)F)C(F)(F)OC(OCC(F)(F)C(F)(F)C(F)(F)C(F)F)C(F)(F)F. The molecule has 0 heterocycles. The standard InChI is InChI=1S/C10H5F17O3/c11-2(12)6(16,17)9(23,24)5(14,15)1-28-4(7(18,19)20)30-8(21,22)3(13)29-10(25,26)27/h2-4H,1H2. The van der Waals surface area contributed by atoms with E-state index < -0.39 is 62.1 Å². The van der Waals surface area contributed by atoms with Crippen molar-refractivity contribution in [3.63, 3.8) is 0 Å². The first-order chi connectivity index (χ1) is 12.9. The molecule has 0 radical (unpaired) electrons. The number of ether oxygens (including phenoxy) is 3. The highest BCUT2D eigenvalue weighted by Gasteiger charge is 2.75. The van der Waals surface area contributed by atoms with Crippen molar-refractivity contribution in [3.8, 4) is 0 Å². The Hall–Kier alpha value is -1.31. The molecule has 3 nitrogen and oxygen atoms in total. The Morgan fingerprint density at radius 1 is 0.633 bits per heavy atom. The van der Waals surface area contributed by atoms with Crippen LogP contribution in [0.4, 0.5) is 74.6 Å². The van der Waals surface area contributed by atoms with Crippen molar-refractivity contribution in [2.75, 3.05) is 6.61 Å². The second-order valence-electron chi connectivity index (χ2n) is 4.95. The Morgan fingerprint density at radius 3 is 1.40 bits per heavy atom. The quantitative estimate of drug-likeness (QED) is 0.295. The van der Waals surface area contributed by atoms with Crippen molar-refractivity contribution in [1.29, 1.82) is 0 Å². The Labute approximate surface area is 152 Å². The van der Waals surface area contributed by atoms with E-state index in [1.165, 1.54) is 0 Å². The minimum Gasteiger partial charge on any atom is -0.338 e. The molecule has 0 N–H and O–H groups in total. The molecule has 0 fully saturated rings. The van der Waals surface area contributed by atoms with Crippen LogP contribution < -0.4 is 0 Å². The molecule has 0 bridgehead atoms. The second-order valence-corrected chi connectivity index (χ2v) is 4.95. The molecule has 2 atom stereocenters. The van der Waals surface area contributed by atoms with Crippen LogP contribution in [0, 0.1) is 0 Å². The van der Waals surface area contributed by atoms with E-state index in [1.54, 1.807) is 0 Å². The minimum atomic E-state index is -7.12. The van der Waals surface area contributed by atoms with Crippen LogP contribution in [0.25, 0.3) is 0 Å². The van der Waals surface area contributed by atoms with Crippen LogP contribution in [0.1, 0.15) is 0 Å². The summed E-state index contributed by atoms with van der Waals surface area (Å²) in [5, 5.41) is 0. The third-order valence-electron chi connectivity index (χ3n) is 2.60. The fourth-order valence-corrected chi connectivity index (χ4v) is 1.23. The van der Waals surface area contributed by atoms with Crippen molar-refractivity contribution >= 4 is 0 Å². The van der Waals surface area contributed by atoms with E-state index in [0.29, 0.717) is 0 Å². The zero-order chi connectivity index (χ0) is 24.6. The number of hydrogen-bond acceptors (Lipinski definition) is 3. The molecule has 0 saturated heterocycles. The van der Waals surface area contributed by atoms with Gasteiger partial charge in [0.2, 0.25) is 0 Å². The molecule has 0 saturated carbocycles. The van der Waals surface area contributed by atoms with E-state index in [2.05, 4.69) is 9.47 Å². The highest BCUT2D eigenvalue weighted by Crippen LogP contribution is 2.49. The Balaban J connectivity index is 5.58. The van der Waals surface area contributed by atoms with Gasteiger partial charge in [0, 0.05) is 0 Å². The summed E-state index contributed by atoms with van der Waals surface area (Å²) in [5.41, 5.74) is 0. The summed E-state index contributed by atoms with van der Waals surface area (Å²) in [6, 6.07) is 0. The van der Waals surface area contributed by atoms with Crippen LogP contribution >= 0.6 is 0 Å². The summed E-state index contributed by atoms with van der Waals surface area (Å²) in [5.74, 6) is -20.6. The van der Waals surface area contributed by atoms with Gasteiger partial charge in [-0.1, -0.05) is 0 Å². The van der Waals surface area contributed by atoms with Gasteiger partial charge in [-0.2, -0.15) is 48.3 Å². The lowest BCUT2D eigenvalue weighted by Crippen LogP contribution is -2.60. The van der Waals surface area contributed by atoms with Crippen LogP contribution in [0.5, 0.6) is 0 Å². The van der Waals surface area contributed by atoms with Gasteiger partial charge < -0.3 is 4.74 Å². The van der Waals surface area contributed by atoms with Gasteiger partial charge >= 0.3 is 42.8 Å². The maximum Gasteiger partial charge on any atom is 0.525 e. The van der Waals surface area contributed by atoms with Gasteiger partial charge in [-0.15, -0.1) is 13.2 Å². The Kier molecular flexibility index (Phi) is 8.29. The van der Waals surface area contributed by atoms with Crippen LogP contribution in [0.3, 0.4) is 0 Å². The molecule has 0 aliphatic rings. The number of alkyl halides is 17. The van der Waals surface area contributed by atoms with Gasteiger partial charge in [0.15, 0.2) is 0 Å². The molecular formula is C10H5F17O3. The van der Waals surface area contributed by atoms with Crippen molar-refractivity contribution in [2.24, 2.45) is 0 Å². The first kappa shape index (κ1) is 28.7. The highest BCUT2D eigenvalue weighted by molar-refractivity contribution is 4.98. The first-order valence-corrected chi connectivity index (χ1v) is 6.42. The minimum absolute atomic E-state index is 1.97. The average molecular weight is 496 g/mol. The predicted molar refractivity (Wildman–Crippen MR) is 54.7 cm³/mol. The molecule has 0 aromatic carbocycles. The molecule has 0 rings (SSSR count). The van der Waals surface area contributed by atoms with Crippen LogP contribution in [-0.2, 0) is 14.2 Å². The largest absolute Gasteiger partial charge is 0.525 e. The van der Waals surface area contributed by atoms with E-state index in [9.17, 15) is 74.6 Å². The predicted octanol–water partition coefficient (Wildman–Crippen LogP) is 5.50. The molecular weight excluding hydrogens is 491 g/mol. The van der Waals surface area contributed by atoms with E-state index in [-0.39, 0.29) is 0 Å². The lowest BCUT2D eigenvalue weighted by Gasteiger charge is -2.33. The molecule has 0 aromatic rings. The van der Waals surface area contributed by atoms with Crippen LogP contribution in [0.15, 0.2) is 0 Å². The molecule has 0 aliphatic heterocycles. The fourth-order valence-electron chi connectivity index (χ4n) is 1.23. The number of hydrogen-bond donors (Lipinski definition) is 0. The normalized spacial score (nSPS) is 17.4. The third-order valence-corrected chi connectivity index (χ3v) is 2.60. The topological polar surface area (TPSA) is 27.7 Å². The first-order valence-electron chi connectivity index (χ1n) is 6.42. The van der Waals surface area contributed by atoms with Crippen LogP contribution in [-0.4, -0.2) is 62.1 Å². The van der Waals surface area contributed by atoms with E-state index >= 15 is 0 Å². The third kappa shape index (κ3) is 6.86. The van der Waals surface area contributed by atoms with Crippen molar-refractivity contribution in [1.82, 2.24) is 0 Å². The smallest absolute Gasteiger partial charge is 0.338 e. The number of rotatable bonds is 10. The summed E-state index contributed by atoms with van der Waals surface area (Å²) < 4.78 is 218. The summed E-state index contributed by atoms with van der Waals surface area (Å²) in [7, 11) is 0. The lowest BCUT2D eigenvalue weighted by atomic mass is 10.1. The molecule has 0 amide bonds. The van der Waals surface area contributed by atoms with Gasteiger partial charge in [0.1, 0.15) is 6.61 Å². The molecule has 0 aliphatic carbocycles. The second kappa shape index (κ2) is 8.67. The molecule has 182 valence electrons. The summed E-state index contributed by atoms with van der Waals surface area (Å²) >= 11 is 0. The van der Waals surface area contributed by atoms with Gasteiger partial charge in [0.05, 0.1) is 0 Å². The maximum atomic E-state index is 13.1. The average Bonchev–Trinajstić information content (AvgIpc) is 2.47. The van der Waals surface area contributed by atoms with Gasteiger partial charge in [-0.3, -0.25) is 4.74 Å². The van der Waals surface area contributed by atoms with E-state index in [4.69, 9.17) is 0 Å². The summed E-state index contributed by atoms with van der Waals surface area (Å²) in [4.78, 5) is 0. The van der Waals surface area contributed by atoms with Crippen molar-refractivity contribution < 1.29 is 88.8 Å². The fraction of sp³-hybridized carbons (Fsp3) is 1.00. The molecule has 20 heteroatoms. The molecule has 0 spiro atoms. The summed E-state index contributed by atoms with van der Waals surface area (Å²) in [6.45, 7) is -3.65.